The van der Waals surface area contributed by atoms with Crippen molar-refractivity contribution in [3.63, 3.8) is 0 Å². The smallest absolute Gasteiger partial charge is 0.246 e. The highest BCUT2D eigenvalue weighted by Gasteiger charge is 2.08. The lowest BCUT2D eigenvalue weighted by atomic mass is 10.1. The molecule has 156 valence electrons. The predicted octanol–water partition coefficient (Wildman–Crippen LogP) is 4.16. The van der Waals surface area contributed by atoms with E-state index < -0.39 is 0 Å². The van der Waals surface area contributed by atoms with E-state index >= 15 is 0 Å². The van der Waals surface area contributed by atoms with Crippen molar-refractivity contribution < 1.29 is 9.53 Å². The second kappa shape index (κ2) is 9.26. The molecule has 0 N–H and O–H groups in total. The summed E-state index contributed by atoms with van der Waals surface area (Å²) in [5.41, 5.74) is 2.86. The Balaban J connectivity index is 1.37. The minimum absolute atomic E-state index is 0.0903. The van der Waals surface area contributed by atoms with Gasteiger partial charge in [-0.2, -0.15) is 0 Å². The summed E-state index contributed by atoms with van der Waals surface area (Å²) >= 11 is 0. The first-order valence-electron chi connectivity index (χ1n) is 10.0. The molecule has 4 rings (SSSR count). The molecule has 0 aliphatic carbocycles. The number of benzene rings is 3. The van der Waals surface area contributed by atoms with Crippen LogP contribution in [0.15, 0.2) is 79.0 Å². The molecule has 31 heavy (non-hydrogen) atoms. The third-order valence-electron chi connectivity index (χ3n) is 5.05. The van der Waals surface area contributed by atoms with Crippen molar-refractivity contribution >= 4 is 22.8 Å². The quantitative estimate of drug-likeness (QED) is 0.428. The zero-order valence-electron chi connectivity index (χ0n) is 17.6. The summed E-state index contributed by atoms with van der Waals surface area (Å²) in [5.74, 6) is 0.742. The van der Waals surface area contributed by atoms with Gasteiger partial charge in [0.2, 0.25) is 5.91 Å². The number of ether oxygens (including phenoxy) is 1. The predicted molar refractivity (Wildman–Crippen MR) is 122 cm³/mol. The molecule has 3 aromatic carbocycles. The molecule has 0 aliphatic rings. The van der Waals surface area contributed by atoms with Crippen LogP contribution < -0.4 is 4.74 Å². The van der Waals surface area contributed by atoms with E-state index in [1.165, 1.54) is 6.08 Å². The van der Waals surface area contributed by atoms with Crippen molar-refractivity contribution in [1.29, 1.82) is 0 Å². The van der Waals surface area contributed by atoms with Crippen molar-refractivity contribution in [2.75, 3.05) is 14.2 Å². The average molecular weight is 412 g/mol. The van der Waals surface area contributed by atoms with E-state index in [4.69, 9.17) is 4.74 Å². The van der Waals surface area contributed by atoms with Gasteiger partial charge in [0, 0.05) is 19.7 Å². The molecule has 0 radical (unpaired) electrons. The first-order valence-corrected chi connectivity index (χ1v) is 10.0. The number of amides is 1. The third-order valence-corrected chi connectivity index (χ3v) is 5.05. The molecule has 0 aliphatic heterocycles. The van der Waals surface area contributed by atoms with Crippen molar-refractivity contribution in [2.45, 2.75) is 13.1 Å². The molecule has 0 unspecified atom stereocenters. The van der Waals surface area contributed by atoms with Gasteiger partial charge in [-0.15, -0.1) is 5.10 Å². The molecule has 4 aromatic rings. The van der Waals surface area contributed by atoms with Crippen molar-refractivity contribution in [1.82, 2.24) is 19.9 Å². The van der Waals surface area contributed by atoms with E-state index in [-0.39, 0.29) is 5.91 Å². The van der Waals surface area contributed by atoms with E-state index in [0.717, 1.165) is 27.6 Å². The summed E-state index contributed by atoms with van der Waals surface area (Å²) in [5, 5.41) is 10.5. The second-order valence-corrected chi connectivity index (χ2v) is 7.40. The summed E-state index contributed by atoms with van der Waals surface area (Å²) in [6, 6.07) is 22.2. The molecule has 0 saturated heterocycles. The van der Waals surface area contributed by atoms with Crippen LogP contribution in [0.1, 0.15) is 16.8 Å². The number of carbonyl (C=O) groups excluding carboxylic acids is 1. The van der Waals surface area contributed by atoms with E-state index in [1.54, 1.807) is 29.8 Å². The zero-order chi connectivity index (χ0) is 21.6. The lowest BCUT2D eigenvalue weighted by Crippen LogP contribution is -2.24. The third kappa shape index (κ3) is 5.17. The van der Waals surface area contributed by atoms with Crippen LogP contribution in [0, 0.1) is 0 Å². The number of nitrogens with zero attached hydrogens (tertiary/aromatic N) is 4. The van der Waals surface area contributed by atoms with E-state index in [2.05, 4.69) is 16.4 Å². The molecule has 6 heteroatoms. The molecule has 1 amide bonds. The van der Waals surface area contributed by atoms with Crippen LogP contribution in [-0.4, -0.2) is 40.0 Å². The minimum atomic E-state index is -0.0903. The summed E-state index contributed by atoms with van der Waals surface area (Å²) in [7, 11) is 3.45. The number of rotatable bonds is 7. The summed E-state index contributed by atoms with van der Waals surface area (Å²) in [6.45, 7) is 1.16. The number of methoxy groups -OCH3 is 1. The number of hydrogen-bond acceptors (Lipinski definition) is 4. The van der Waals surface area contributed by atoms with E-state index in [0.29, 0.717) is 18.8 Å². The maximum atomic E-state index is 12.5. The number of likely N-dealkylation sites (N-methyl/N-ethyl adjacent to an activating group) is 1. The number of fused-ring (bicyclic) bond motifs is 1. The van der Waals surface area contributed by atoms with Gasteiger partial charge in [0.05, 0.1) is 19.9 Å². The van der Waals surface area contributed by atoms with Gasteiger partial charge in [-0.3, -0.25) is 4.79 Å². The molecule has 0 fully saturated rings. The van der Waals surface area contributed by atoms with Gasteiger partial charge in [-0.25, -0.2) is 4.68 Å². The zero-order valence-corrected chi connectivity index (χ0v) is 17.6. The molecule has 0 spiro atoms. The van der Waals surface area contributed by atoms with Crippen molar-refractivity contribution in [2.24, 2.45) is 0 Å². The van der Waals surface area contributed by atoms with Crippen molar-refractivity contribution in [3.8, 4) is 5.75 Å². The van der Waals surface area contributed by atoms with Gasteiger partial charge >= 0.3 is 0 Å². The summed E-state index contributed by atoms with van der Waals surface area (Å²) in [4.78, 5) is 14.2. The maximum Gasteiger partial charge on any atom is 0.246 e. The SMILES string of the molecule is COc1ccc2cc(CN(C)C(=O)/C=C/c3cn(Cc4ccccc4)nn3)ccc2c1. The van der Waals surface area contributed by atoms with Crippen LogP contribution in [0.4, 0.5) is 0 Å². The average Bonchev–Trinajstić information content (AvgIpc) is 3.24. The Labute approximate surface area is 181 Å². The van der Waals surface area contributed by atoms with Crippen LogP contribution in [0.2, 0.25) is 0 Å². The molecular formula is C25H24N4O2. The molecule has 0 bridgehead atoms. The number of carbonyl (C=O) groups is 1. The Hall–Kier alpha value is -3.93. The molecule has 0 saturated carbocycles. The van der Waals surface area contributed by atoms with Gasteiger partial charge in [0.15, 0.2) is 0 Å². The molecule has 1 heterocycles. The van der Waals surface area contributed by atoms with Gasteiger partial charge in [-0.1, -0.05) is 53.7 Å². The molecule has 6 nitrogen and oxygen atoms in total. The molecule has 1 aromatic heterocycles. The normalized spacial score (nSPS) is 11.2. The highest BCUT2D eigenvalue weighted by molar-refractivity contribution is 5.91. The van der Waals surface area contributed by atoms with Gasteiger partial charge in [-0.05, 0) is 46.2 Å². The fourth-order valence-electron chi connectivity index (χ4n) is 3.37. The summed E-state index contributed by atoms with van der Waals surface area (Å²) in [6.07, 6.45) is 5.05. The monoisotopic (exact) mass is 412 g/mol. The standard InChI is InChI=1S/C25H24N4O2/c1-28(16-20-8-9-22-15-24(31-2)12-10-21(22)14-20)25(30)13-11-23-18-29(27-26-23)17-19-6-4-3-5-7-19/h3-15,18H,16-17H2,1-2H3/b13-11+. The Kier molecular flexibility index (Phi) is 6.08. The second-order valence-electron chi connectivity index (χ2n) is 7.40. The van der Waals surface area contributed by atoms with Crippen LogP contribution >= 0.6 is 0 Å². The van der Waals surface area contributed by atoms with Crippen molar-refractivity contribution in [3.05, 3.63) is 95.8 Å². The van der Waals surface area contributed by atoms with E-state index in [9.17, 15) is 4.79 Å². The molecular weight excluding hydrogens is 388 g/mol. The lowest BCUT2D eigenvalue weighted by molar-refractivity contribution is -0.125. The maximum absolute atomic E-state index is 12.5. The van der Waals surface area contributed by atoms with Crippen LogP contribution in [-0.2, 0) is 17.9 Å². The lowest BCUT2D eigenvalue weighted by Gasteiger charge is -2.15. The van der Waals surface area contributed by atoms with Crippen LogP contribution in [0.25, 0.3) is 16.8 Å². The van der Waals surface area contributed by atoms with Gasteiger partial charge in [0.1, 0.15) is 11.4 Å². The molecule has 0 atom stereocenters. The Morgan fingerprint density at radius 3 is 2.61 bits per heavy atom. The van der Waals surface area contributed by atoms with Crippen LogP contribution in [0.5, 0.6) is 5.75 Å². The number of hydrogen-bond donors (Lipinski definition) is 0. The number of aromatic nitrogens is 3. The Bertz CT molecular complexity index is 1210. The Morgan fingerprint density at radius 2 is 1.81 bits per heavy atom. The fraction of sp³-hybridized carbons (Fsp3) is 0.160. The highest BCUT2D eigenvalue weighted by Crippen LogP contribution is 2.22. The van der Waals surface area contributed by atoms with E-state index in [1.807, 2.05) is 66.9 Å². The minimum Gasteiger partial charge on any atom is -0.497 e. The first-order chi connectivity index (χ1) is 15.1. The highest BCUT2D eigenvalue weighted by atomic mass is 16.5. The topological polar surface area (TPSA) is 60.2 Å². The van der Waals surface area contributed by atoms with Gasteiger partial charge < -0.3 is 9.64 Å². The largest absolute Gasteiger partial charge is 0.497 e. The fourth-order valence-corrected chi connectivity index (χ4v) is 3.37. The Morgan fingerprint density at radius 1 is 1.03 bits per heavy atom. The summed E-state index contributed by atoms with van der Waals surface area (Å²) < 4.78 is 7.03. The first kappa shape index (κ1) is 20.3. The van der Waals surface area contributed by atoms with Crippen LogP contribution in [0.3, 0.4) is 0 Å². The van der Waals surface area contributed by atoms with Gasteiger partial charge in [0.25, 0.3) is 0 Å².